The summed E-state index contributed by atoms with van der Waals surface area (Å²) >= 11 is 0. The number of rotatable bonds is 1. The van der Waals surface area contributed by atoms with Crippen LogP contribution in [0.1, 0.15) is 78.1 Å². The average Bonchev–Trinajstić information content (AvgIpc) is 3.15. The lowest BCUT2D eigenvalue weighted by Gasteiger charge is -2.60. The molecule has 0 bridgehead atoms. The van der Waals surface area contributed by atoms with Crippen molar-refractivity contribution in [3.63, 3.8) is 0 Å². The topological polar surface area (TPSA) is 46.2 Å². The van der Waals surface area contributed by atoms with Crippen molar-refractivity contribution in [2.24, 2.45) is 52.6 Å². The SMILES string of the molecule is CC1CC1C1CCC2C3CCC4CC(O)CC[C@]4(N)C3CCC12C. The maximum atomic E-state index is 10.1. The zero-order valence-corrected chi connectivity index (χ0v) is 15.7. The normalized spacial score (nSPS) is 62.5. The molecule has 0 amide bonds. The number of nitrogens with two attached hydrogens (primary N) is 1. The highest BCUT2D eigenvalue weighted by atomic mass is 16.3. The summed E-state index contributed by atoms with van der Waals surface area (Å²) in [6.45, 7) is 5.14. The van der Waals surface area contributed by atoms with Crippen LogP contribution in [-0.4, -0.2) is 16.7 Å². The van der Waals surface area contributed by atoms with Gasteiger partial charge in [0, 0.05) is 5.54 Å². The van der Waals surface area contributed by atoms with E-state index in [1.165, 1.54) is 44.9 Å². The van der Waals surface area contributed by atoms with Crippen molar-refractivity contribution in [3.05, 3.63) is 0 Å². The van der Waals surface area contributed by atoms with E-state index in [0.717, 1.165) is 54.8 Å². The molecule has 5 rings (SSSR count). The molecule has 10 atom stereocenters. The predicted octanol–water partition coefficient (Wildman–Crippen LogP) is 4.35. The van der Waals surface area contributed by atoms with E-state index in [-0.39, 0.29) is 11.6 Å². The number of hydrogen-bond acceptors (Lipinski definition) is 2. The van der Waals surface area contributed by atoms with E-state index >= 15 is 0 Å². The Bertz CT molecular complexity index is 520. The number of hydrogen-bond donors (Lipinski definition) is 2. The number of fused-ring (bicyclic) bond motifs is 5. The smallest absolute Gasteiger partial charge is 0.0544 e. The van der Waals surface area contributed by atoms with E-state index < -0.39 is 0 Å². The minimum absolute atomic E-state index is 0.0500. The molecule has 5 fully saturated rings. The highest BCUT2D eigenvalue weighted by molar-refractivity contribution is 5.14. The lowest BCUT2D eigenvalue weighted by atomic mass is 9.47. The minimum atomic E-state index is -0.0794. The fourth-order valence-electron chi connectivity index (χ4n) is 8.57. The van der Waals surface area contributed by atoms with E-state index in [0.29, 0.717) is 11.3 Å². The fourth-order valence-corrected chi connectivity index (χ4v) is 8.57. The molecule has 136 valence electrons. The molecule has 5 aliphatic carbocycles. The molecule has 24 heavy (non-hydrogen) atoms. The summed E-state index contributed by atoms with van der Waals surface area (Å²) in [5.41, 5.74) is 7.79. The third-order valence-electron chi connectivity index (χ3n) is 9.97. The molecule has 2 nitrogen and oxygen atoms in total. The van der Waals surface area contributed by atoms with Gasteiger partial charge in [-0.2, -0.15) is 0 Å². The Morgan fingerprint density at radius 1 is 0.833 bits per heavy atom. The molecule has 0 aromatic rings. The Hall–Kier alpha value is -0.0800. The van der Waals surface area contributed by atoms with Crippen molar-refractivity contribution in [2.45, 2.75) is 89.7 Å². The first-order chi connectivity index (χ1) is 11.4. The van der Waals surface area contributed by atoms with Crippen LogP contribution in [0.3, 0.4) is 0 Å². The molecule has 0 saturated heterocycles. The average molecular weight is 332 g/mol. The Balaban J connectivity index is 1.41. The van der Waals surface area contributed by atoms with Crippen LogP contribution in [-0.2, 0) is 0 Å². The zero-order valence-electron chi connectivity index (χ0n) is 15.7. The highest BCUT2D eigenvalue weighted by Gasteiger charge is 2.62. The Labute approximate surface area is 148 Å². The molecule has 0 spiro atoms. The third kappa shape index (κ3) is 2.08. The van der Waals surface area contributed by atoms with Gasteiger partial charge < -0.3 is 10.8 Å². The Morgan fingerprint density at radius 2 is 1.54 bits per heavy atom. The van der Waals surface area contributed by atoms with Crippen LogP contribution in [0.15, 0.2) is 0 Å². The maximum absolute atomic E-state index is 10.1. The van der Waals surface area contributed by atoms with E-state index in [1.54, 1.807) is 0 Å². The molecule has 5 aliphatic rings. The summed E-state index contributed by atoms with van der Waals surface area (Å²) < 4.78 is 0. The molecule has 0 aromatic carbocycles. The zero-order chi connectivity index (χ0) is 16.7. The lowest BCUT2D eigenvalue weighted by molar-refractivity contribution is -0.0927. The van der Waals surface area contributed by atoms with Crippen LogP contribution in [0.2, 0.25) is 0 Å². The maximum Gasteiger partial charge on any atom is 0.0544 e. The second kappa shape index (κ2) is 5.22. The summed E-state index contributed by atoms with van der Waals surface area (Å²) in [6, 6.07) is 0. The van der Waals surface area contributed by atoms with Gasteiger partial charge in [-0.3, -0.25) is 0 Å². The fraction of sp³-hybridized carbons (Fsp3) is 1.00. The van der Waals surface area contributed by atoms with Gasteiger partial charge in [0.2, 0.25) is 0 Å². The molecule has 2 heteroatoms. The number of aliphatic hydroxyl groups excluding tert-OH is 1. The van der Waals surface area contributed by atoms with Crippen molar-refractivity contribution in [3.8, 4) is 0 Å². The van der Waals surface area contributed by atoms with E-state index in [9.17, 15) is 5.11 Å². The Kier molecular flexibility index (Phi) is 3.51. The summed E-state index contributed by atoms with van der Waals surface area (Å²) in [5, 5.41) is 10.1. The molecule has 0 heterocycles. The molecule has 0 aliphatic heterocycles. The quantitative estimate of drug-likeness (QED) is 0.750. The molecule has 5 saturated carbocycles. The van der Waals surface area contributed by atoms with Crippen molar-refractivity contribution < 1.29 is 5.11 Å². The van der Waals surface area contributed by atoms with Gasteiger partial charge in [0.05, 0.1) is 6.10 Å². The monoisotopic (exact) mass is 331 g/mol. The molecular weight excluding hydrogens is 294 g/mol. The summed E-state index contributed by atoms with van der Waals surface area (Å²) in [5.74, 6) is 6.23. The van der Waals surface area contributed by atoms with Gasteiger partial charge in [0.25, 0.3) is 0 Å². The highest BCUT2D eigenvalue weighted by Crippen LogP contribution is 2.68. The molecule has 3 N–H and O–H groups in total. The minimum Gasteiger partial charge on any atom is -0.393 e. The first-order valence-corrected chi connectivity index (χ1v) is 10.9. The van der Waals surface area contributed by atoms with Crippen LogP contribution < -0.4 is 5.73 Å². The number of aliphatic hydroxyl groups is 1. The first kappa shape index (κ1) is 16.1. The van der Waals surface area contributed by atoms with Crippen LogP contribution in [0.5, 0.6) is 0 Å². The predicted molar refractivity (Wildman–Crippen MR) is 97.3 cm³/mol. The Morgan fingerprint density at radius 3 is 2.25 bits per heavy atom. The van der Waals surface area contributed by atoms with E-state index in [1.807, 2.05) is 0 Å². The molecular formula is C22H37NO. The van der Waals surface area contributed by atoms with E-state index in [4.69, 9.17) is 5.73 Å². The van der Waals surface area contributed by atoms with Crippen molar-refractivity contribution >= 4 is 0 Å². The lowest BCUT2D eigenvalue weighted by Crippen LogP contribution is -2.64. The van der Waals surface area contributed by atoms with Crippen LogP contribution >= 0.6 is 0 Å². The van der Waals surface area contributed by atoms with Gasteiger partial charge in [-0.05, 0) is 111 Å². The molecule has 0 aromatic heterocycles. The van der Waals surface area contributed by atoms with E-state index in [2.05, 4.69) is 13.8 Å². The molecule has 9 unspecified atom stereocenters. The van der Waals surface area contributed by atoms with Gasteiger partial charge in [0.15, 0.2) is 0 Å². The van der Waals surface area contributed by atoms with Gasteiger partial charge in [-0.1, -0.05) is 13.8 Å². The van der Waals surface area contributed by atoms with Gasteiger partial charge in [0.1, 0.15) is 0 Å². The standard InChI is InChI=1S/C22H37NO/c1-13-11-17(13)19-6-5-18-16-4-3-14-12-15(24)7-10-22(14,23)20(16)8-9-21(18,19)2/h13-20,24H,3-12,23H2,1-2H3/t13?,14?,15?,16?,17?,18?,19?,20?,21?,22-/m1/s1. The van der Waals surface area contributed by atoms with Crippen molar-refractivity contribution in [2.75, 3.05) is 0 Å². The first-order valence-electron chi connectivity index (χ1n) is 10.9. The summed E-state index contributed by atoms with van der Waals surface area (Å²) in [4.78, 5) is 0. The third-order valence-corrected chi connectivity index (χ3v) is 9.97. The van der Waals surface area contributed by atoms with Crippen molar-refractivity contribution in [1.82, 2.24) is 0 Å². The van der Waals surface area contributed by atoms with Crippen LogP contribution in [0.4, 0.5) is 0 Å². The van der Waals surface area contributed by atoms with Gasteiger partial charge in [-0.25, -0.2) is 0 Å². The summed E-state index contributed by atoms with van der Waals surface area (Å²) in [7, 11) is 0. The van der Waals surface area contributed by atoms with Crippen LogP contribution in [0, 0.1) is 46.8 Å². The molecule has 0 radical (unpaired) electrons. The second-order valence-electron chi connectivity index (χ2n) is 10.8. The van der Waals surface area contributed by atoms with Gasteiger partial charge in [-0.15, -0.1) is 0 Å². The van der Waals surface area contributed by atoms with Gasteiger partial charge >= 0.3 is 0 Å². The second-order valence-corrected chi connectivity index (χ2v) is 10.8. The summed E-state index contributed by atoms with van der Waals surface area (Å²) in [6.07, 6.45) is 12.9. The largest absolute Gasteiger partial charge is 0.393 e. The van der Waals surface area contributed by atoms with Crippen LogP contribution in [0.25, 0.3) is 0 Å². The van der Waals surface area contributed by atoms with Crippen molar-refractivity contribution in [1.29, 1.82) is 0 Å².